The van der Waals surface area contributed by atoms with E-state index in [2.05, 4.69) is 64.4 Å². The van der Waals surface area contributed by atoms with E-state index in [9.17, 15) is 9.90 Å². The van der Waals surface area contributed by atoms with Crippen molar-refractivity contribution in [1.82, 2.24) is 30.1 Å². The van der Waals surface area contributed by atoms with Crippen LogP contribution in [-0.4, -0.2) is 48.3 Å². The number of hydrogen-bond donors (Lipinski definition) is 2. The van der Waals surface area contributed by atoms with Crippen LogP contribution in [0.4, 0.5) is 0 Å². The van der Waals surface area contributed by atoms with Crippen LogP contribution in [0.3, 0.4) is 0 Å². The van der Waals surface area contributed by atoms with Gasteiger partial charge in [0.1, 0.15) is 0 Å². The predicted octanol–water partition coefficient (Wildman–Crippen LogP) is 4.10. The van der Waals surface area contributed by atoms with Crippen molar-refractivity contribution in [3.63, 3.8) is 0 Å². The first-order chi connectivity index (χ1) is 17.5. The number of nitrogens with one attached hydrogen (secondary N) is 1. The number of tetrazole rings is 1. The third-order valence-electron chi connectivity index (χ3n) is 6.83. The molecule has 8 nitrogen and oxygen atoms in total. The molecule has 2 aromatic heterocycles. The van der Waals surface area contributed by atoms with Crippen LogP contribution >= 0.6 is 0 Å². The molecule has 0 unspecified atom stereocenters. The molecular formula is C28H36N6O2. The average Bonchev–Trinajstić information content (AvgIpc) is 3.34. The van der Waals surface area contributed by atoms with Gasteiger partial charge in [0.2, 0.25) is 0 Å². The van der Waals surface area contributed by atoms with Gasteiger partial charge in [0, 0.05) is 37.3 Å². The molecule has 0 aliphatic carbocycles. The third-order valence-corrected chi connectivity index (χ3v) is 6.83. The Labute approximate surface area is 212 Å². The molecule has 0 radical (unpaired) electrons. The van der Waals surface area contributed by atoms with Crippen LogP contribution in [0.2, 0.25) is 0 Å². The number of benzene rings is 2. The predicted molar refractivity (Wildman–Crippen MR) is 142 cm³/mol. The van der Waals surface area contributed by atoms with Crippen molar-refractivity contribution >= 4 is 10.9 Å². The summed E-state index contributed by atoms with van der Waals surface area (Å²) in [5.41, 5.74) is 5.05. The van der Waals surface area contributed by atoms with Crippen molar-refractivity contribution in [2.45, 2.75) is 65.6 Å². The fourth-order valence-electron chi connectivity index (χ4n) is 4.71. The van der Waals surface area contributed by atoms with Crippen molar-refractivity contribution < 1.29 is 5.11 Å². The van der Waals surface area contributed by atoms with Crippen LogP contribution in [0.25, 0.3) is 10.9 Å². The molecule has 0 amide bonds. The number of H-pyrrole nitrogens is 1. The minimum Gasteiger partial charge on any atom is -0.396 e. The summed E-state index contributed by atoms with van der Waals surface area (Å²) in [5.74, 6) is 0.800. The molecular weight excluding hydrogens is 452 g/mol. The molecule has 2 heterocycles. The van der Waals surface area contributed by atoms with E-state index in [0.29, 0.717) is 31.6 Å². The highest BCUT2D eigenvalue weighted by Crippen LogP contribution is 2.27. The smallest absolute Gasteiger partial charge is 0.252 e. The van der Waals surface area contributed by atoms with Gasteiger partial charge in [-0.3, -0.25) is 9.69 Å². The van der Waals surface area contributed by atoms with E-state index in [1.165, 1.54) is 11.1 Å². The summed E-state index contributed by atoms with van der Waals surface area (Å²) in [6.07, 6.45) is 3.23. The van der Waals surface area contributed by atoms with Crippen molar-refractivity contribution in [2.24, 2.45) is 0 Å². The summed E-state index contributed by atoms with van der Waals surface area (Å²) in [5, 5.41) is 23.3. The van der Waals surface area contributed by atoms with E-state index in [1.807, 2.05) is 35.0 Å². The summed E-state index contributed by atoms with van der Waals surface area (Å²) >= 11 is 0. The Morgan fingerprint density at radius 1 is 1.11 bits per heavy atom. The van der Waals surface area contributed by atoms with Crippen LogP contribution in [0.15, 0.2) is 53.3 Å². The SMILES string of the molecule is CCC[C@H](c1nnnn1CCc1ccccc1)N(CCCO)Cc1cc2cc(C)c(C)cc2[nH]c1=O. The Morgan fingerprint density at radius 2 is 1.89 bits per heavy atom. The molecule has 2 aromatic carbocycles. The minimum atomic E-state index is -0.0846. The molecule has 0 spiro atoms. The fraction of sp³-hybridized carbons (Fsp3) is 0.429. The van der Waals surface area contributed by atoms with E-state index in [4.69, 9.17) is 0 Å². The van der Waals surface area contributed by atoms with Gasteiger partial charge in [-0.1, -0.05) is 43.7 Å². The van der Waals surface area contributed by atoms with E-state index < -0.39 is 0 Å². The monoisotopic (exact) mass is 488 g/mol. The summed E-state index contributed by atoms with van der Waals surface area (Å²) in [7, 11) is 0. The second kappa shape index (κ2) is 12.1. The molecule has 0 bridgehead atoms. The first kappa shape index (κ1) is 25.7. The van der Waals surface area contributed by atoms with Crippen LogP contribution in [0.5, 0.6) is 0 Å². The molecule has 4 aromatic rings. The molecule has 0 fully saturated rings. The van der Waals surface area contributed by atoms with Gasteiger partial charge in [-0.15, -0.1) is 5.10 Å². The van der Waals surface area contributed by atoms with Crippen LogP contribution < -0.4 is 5.56 Å². The Bertz CT molecular complexity index is 1330. The number of aliphatic hydroxyl groups is 1. The van der Waals surface area contributed by atoms with E-state index >= 15 is 0 Å². The molecule has 4 rings (SSSR count). The number of aromatic nitrogens is 5. The number of aryl methyl sites for hydroxylation is 4. The van der Waals surface area contributed by atoms with Crippen LogP contribution in [0, 0.1) is 13.8 Å². The number of aromatic amines is 1. The lowest BCUT2D eigenvalue weighted by atomic mass is 10.0. The van der Waals surface area contributed by atoms with E-state index in [0.717, 1.165) is 41.6 Å². The average molecular weight is 489 g/mol. The van der Waals surface area contributed by atoms with Gasteiger partial charge >= 0.3 is 0 Å². The molecule has 190 valence electrons. The summed E-state index contributed by atoms with van der Waals surface area (Å²) in [6, 6.07) is 16.4. The minimum absolute atomic E-state index is 0.0674. The summed E-state index contributed by atoms with van der Waals surface area (Å²) < 4.78 is 1.88. The largest absolute Gasteiger partial charge is 0.396 e. The van der Waals surface area contributed by atoms with Gasteiger partial charge in [-0.05, 0) is 83.8 Å². The van der Waals surface area contributed by atoms with Gasteiger partial charge in [-0.2, -0.15) is 0 Å². The molecule has 0 saturated carbocycles. The van der Waals surface area contributed by atoms with Crippen molar-refractivity contribution in [3.05, 3.63) is 87.0 Å². The summed E-state index contributed by atoms with van der Waals surface area (Å²) in [6.45, 7) is 8.12. The number of nitrogens with zero attached hydrogens (tertiary/aromatic N) is 5. The van der Waals surface area contributed by atoms with E-state index in [1.54, 1.807) is 0 Å². The standard InChI is InChI=1S/C28H36N6O2/c1-4-9-26(27-30-31-32-34(27)14-12-22-10-6-5-7-11-22)33(13-8-15-35)19-24-18-23-16-20(2)21(3)17-25(23)29-28(24)36/h5-7,10-11,16-18,26,35H,4,8-9,12-15,19H2,1-3H3,(H,29,36)/t26-/m1/s1. The van der Waals surface area contributed by atoms with Gasteiger partial charge in [0.15, 0.2) is 5.82 Å². The molecule has 2 N–H and O–H groups in total. The first-order valence-corrected chi connectivity index (χ1v) is 12.8. The van der Waals surface area contributed by atoms with Crippen LogP contribution in [-0.2, 0) is 19.5 Å². The Balaban J connectivity index is 1.64. The maximum absolute atomic E-state index is 13.1. The molecule has 36 heavy (non-hydrogen) atoms. The van der Waals surface area contributed by atoms with Gasteiger partial charge in [0.25, 0.3) is 5.56 Å². The number of hydrogen-bond acceptors (Lipinski definition) is 6. The lowest BCUT2D eigenvalue weighted by Gasteiger charge is -2.30. The number of pyridine rings is 1. The lowest BCUT2D eigenvalue weighted by molar-refractivity contribution is 0.147. The highest BCUT2D eigenvalue weighted by Gasteiger charge is 2.26. The number of rotatable bonds is 12. The van der Waals surface area contributed by atoms with Gasteiger partial charge in [-0.25, -0.2) is 4.68 Å². The Morgan fingerprint density at radius 3 is 2.64 bits per heavy atom. The summed E-state index contributed by atoms with van der Waals surface area (Å²) in [4.78, 5) is 18.4. The highest BCUT2D eigenvalue weighted by atomic mass is 16.3. The fourth-order valence-corrected chi connectivity index (χ4v) is 4.71. The third kappa shape index (κ3) is 6.06. The Kier molecular flexibility index (Phi) is 8.61. The zero-order valence-electron chi connectivity index (χ0n) is 21.4. The zero-order valence-corrected chi connectivity index (χ0v) is 21.4. The first-order valence-electron chi connectivity index (χ1n) is 12.8. The molecule has 1 atom stereocenters. The van der Waals surface area contributed by atoms with Gasteiger partial charge in [0.05, 0.1) is 6.04 Å². The van der Waals surface area contributed by atoms with Crippen LogP contribution in [0.1, 0.15) is 60.3 Å². The number of aliphatic hydroxyl groups excluding tert-OH is 1. The molecule has 0 saturated heterocycles. The topological polar surface area (TPSA) is 99.9 Å². The van der Waals surface area contributed by atoms with Gasteiger partial charge < -0.3 is 10.1 Å². The molecule has 0 aliphatic heterocycles. The number of fused-ring (bicyclic) bond motifs is 1. The van der Waals surface area contributed by atoms with Crippen molar-refractivity contribution in [2.75, 3.05) is 13.2 Å². The normalized spacial score (nSPS) is 12.5. The molecule has 8 heteroatoms. The highest BCUT2D eigenvalue weighted by molar-refractivity contribution is 5.80. The Hall–Kier alpha value is -3.36. The second-order valence-electron chi connectivity index (χ2n) is 9.50. The lowest BCUT2D eigenvalue weighted by Crippen LogP contribution is -2.34. The molecule has 0 aliphatic rings. The zero-order chi connectivity index (χ0) is 25.5. The quantitative estimate of drug-likeness (QED) is 0.311. The maximum Gasteiger partial charge on any atom is 0.252 e. The van der Waals surface area contributed by atoms with E-state index in [-0.39, 0.29) is 18.2 Å². The second-order valence-corrected chi connectivity index (χ2v) is 9.50. The maximum atomic E-state index is 13.1. The van der Waals surface area contributed by atoms with Crippen molar-refractivity contribution in [1.29, 1.82) is 0 Å². The van der Waals surface area contributed by atoms with Crippen molar-refractivity contribution in [3.8, 4) is 0 Å².